The van der Waals surface area contributed by atoms with E-state index in [9.17, 15) is 13.2 Å². The minimum absolute atomic E-state index is 0.147. The molecule has 1 aromatic carbocycles. The fourth-order valence-electron chi connectivity index (χ4n) is 3.69. The molecule has 0 bridgehead atoms. The highest BCUT2D eigenvalue weighted by molar-refractivity contribution is 5.27. The summed E-state index contributed by atoms with van der Waals surface area (Å²) in [5.41, 5.74) is 1.08. The minimum Gasteiger partial charge on any atom is -0.406 e. The van der Waals surface area contributed by atoms with Gasteiger partial charge in [0.2, 0.25) is 0 Å². The monoisotopic (exact) mass is 372 g/mol. The Morgan fingerprint density at radius 1 is 0.846 bits per heavy atom. The van der Waals surface area contributed by atoms with Crippen molar-refractivity contribution in [3.05, 3.63) is 29.8 Å². The highest BCUT2D eigenvalue weighted by atomic mass is 19.4. The highest BCUT2D eigenvalue weighted by Gasteiger charge is 2.30. The molecule has 0 heterocycles. The largest absolute Gasteiger partial charge is 0.573 e. The first-order valence-corrected chi connectivity index (χ1v) is 10.2. The first-order valence-electron chi connectivity index (χ1n) is 10.2. The maximum atomic E-state index is 12.2. The summed E-state index contributed by atoms with van der Waals surface area (Å²) in [4.78, 5) is 0. The zero-order chi connectivity index (χ0) is 19.4. The number of ether oxygens (including phenoxy) is 1. The molecule has 0 aliphatic heterocycles. The molecule has 0 aliphatic carbocycles. The van der Waals surface area contributed by atoms with Gasteiger partial charge in [-0.05, 0) is 42.4 Å². The normalized spacial score (nSPS) is 14.2. The molecule has 0 saturated heterocycles. The van der Waals surface area contributed by atoms with E-state index in [1.54, 1.807) is 12.1 Å². The fourth-order valence-corrected chi connectivity index (χ4v) is 3.69. The average Bonchev–Trinajstić information content (AvgIpc) is 2.55. The highest BCUT2D eigenvalue weighted by Crippen LogP contribution is 2.25. The van der Waals surface area contributed by atoms with Crippen molar-refractivity contribution in [3.63, 3.8) is 0 Å². The van der Waals surface area contributed by atoms with Gasteiger partial charge in [-0.1, -0.05) is 84.3 Å². The van der Waals surface area contributed by atoms with Crippen molar-refractivity contribution >= 4 is 0 Å². The molecule has 1 rings (SSSR count). The summed E-state index contributed by atoms with van der Waals surface area (Å²) < 4.78 is 40.4. The van der Waals surface area contributed by atoms with Crippen LogP contribution in [0.3, 0.4) is 0 Å². The molecule has 2 unspecified atom stereocenters. The number of benzene rings is 1. The van der Waals surface area contributed by atoms with Crippen LogP contribution in [0.1, 0.15) is 84.1 Å². The lowest BCUT2D eigenvalue weighted by Crippen LogP contribution is -2.17. The van der Waals surface area contributed by atoms with Crippen LogP contribution in [0, 0.1) is 11.8 Å². The number of halogens is 3. The van der Waals surface area contributed by atoms with Crippen LogP contribution in [0.5, 0.6) is 5.75 Å². The Morgan fingerprint density at radius 2 is 1.46 bits per heavy atom. The van der Waals surface area contributed by atoms with Gasteiger partial charge in [-0.3, -0.25) is 0 Å². The van der Waals surface area contributed by atoms with Gasteiger partial charge in [0.15, 0.2) is 0 Å². The number of hydrogen-bond donors (Lipinski definition) is 0. The molecule has 26 heavy (non-hydrogen) atoms. The first-order chi connectivity index (χ1) is 12.3. The van der Waals surface area contributed by atoms with Gasteiger partial charge in [0.05, 0.1) is 0 Å². The van der Waals surface area contributed by atoms with Crippen LogP contribution >= 0.6 is 0 Å². The lowest BCUT2D eigenvalue weighted by atomic mass is 9.89. The van der Waals surface area contributed by atoms with E-state index < -0.39 is 6.36 Å². The number of rotatable bonds is 13. The van der Waals surface area contributed by atoms with Gasteiger partial charge in [0, 0.05) is 0 Å². The summed E-state index contributed by atoms with van der Waals surface area (Å²) in [6.45, 7) is 6.84. The first kappa shape index (κ1) is 22.9. The van der Waals surface area contributed by atoms with Gasteiger partial charge in [-0.25, -0.2) is 0 Å². The Morgan fingerprint density at radius 3 is 2.04 bits per heavy atom. The van der Waals surface area contributed by atoms with E-state index in [0.717, 1.165) is 30.2 Å². The van der Waals surface area contributed by atoms with E-state index >= 15 is 0 Å². The van der Waals surface area contributed by atoms with Gasteiger partial charge < -0.3 is 4.74 Å². The Hall–Kier alpha value is -1.19. The van der Waals surface area contributed by atoms with Crippen LogP contribution in [0.4, 0.5) is 13.2 Å². The molecule has 0 N–H and O–H groups in total. The third-order valence-corrected chi connectivity index (χ3v) is 5.02. The Bertz CT molecular complexity index is 467. The second-order valence-corrected chi connectivity index (χ2v) is 7.56. The van der Waals surface area contributed by atoms with Gasteiger partial charge in [0.25, 0.3) is 0 Å². The lowest BCUT2D eigenvalue weighted by molar-refractivity contribution is -0.274. The van der Waals surface area contributed by atoms with E-state index in [-0.39, 0.29) is 5.75 Å². The molecule has 2 atom stereocenters. The molecule has 0 aliphatic rings. The molecule has 1 aromatic rings. The molecular weight excluding hydrogens is 337 g/mol. The van der Waals surface area contributed by atoms with Crippen molar-refractivity contribution in [2.75, 3.05) is 0 Å². The lowest BCUT2D eigenvalue weighted by Gasteiger charge is -2.17. The van der Waals surface area contributed by atoms with Crippen LogP contribution in [0.2, 0.25) is 0 Å². The SMILES string of the molecule is CCCC(C)CCCC(CCC)CCCc1ccc(OC(F)(F)F)cc1. The summed E-state index contributed by atoms with van der Waals surface area (Å²) in [6.07, 6.45) is 7.63. The van der Waals surface area contributed by atoms with Crippen molar-refractivity contribution in [2.24, 2.45) is 11.8 Å². The Kier molecular flexibility index (Phi) is 10.8. The van der Waals surface area contributed by atoms with Gasteiger partial charge in [0.1, 0.15) is 5.75 Å². The molecular formula is C22H35F3O. The maximum absolute atomic E-state index is 12.2. The van der Waals surface area contributed by atoms with Crippen LogP contribution in [0.25, 0.3) is 0 Å². The Labute approximate surface area is 157 Å². The smallest absolute Gasteiger partial charge is 0.406 e. The molecule has 0 spiro atoms. The van der Waals surface area contributed by atoms with Crippen LogP contribution in [0.15, 0.2) is 24.3 Å². The predicted octanol–water partition coefficient (Wildman–Crippen LogP) is 7.93. The molecule has 4 heteroatoms. The zero-order valence-corrected chi connectivity index (χ0v) is 16.6. The van der Waals surface area contributed by atoms with Crippen molar-refractivity contribution < 1.29 is 17.9 Å². The second kappa shape index (κ2) is 12.2. The molecule has 0 aromatic heterocycles. The second-order valence-electron chi connectivity index (χ2n) is 7.56. The van der Waals surface area contributed by atoms with E-state index in [4.69, 9.17) is 0 Å². The van der Waals surface area contributed by atoms with Crippen LogP contribution in [-0.2, 0) is 6.42 Å². The summed E-state index contributed by atoms with van der Waals surface area (Å²) in [7, 11) is 0. The zero-order valence-electron chi connectivity index (χ0n) is 16.6. The molecule has 0 amide bonds. The van der Waals surface area contributed by atoms with Gasteiger partial charge in [-0.2, -0.15) is 0 Å². The molecule has 150 valence electrons. The summed E-state index contributed by atoms with van der Waals surface area (Å²) in [5, 5.41) is 0. The fraction of sp³-hybridized carbons (Fsp3) is 0.727. The van der Waals surface area contributed by atoms with Crippen molar-refractivity contribution in [3.8, 4) is 5.75 Å². The Balaban J connectivity index is 2.33. The number of hydrogen-bond acceptors (Lipinski definition) is 1. The third-order valence-electron chi connectivity index (χ3n) is 5.02. The van der Waals surface area contributed by atoms with Crippen molar-refractivity contribution in [2.45, 2.75) is 91.3 Å². The van der Waals surface area contributed by atoms with Gasteiger partial charge >= 0.3 is 6.36 Å². The van der Waals surface area contributed by atoms with Crippen molar-refractivity contribution in [1.82, 2.24) is 0 Å². The quantitative estimate of drug-likeness (QED) is 0.341. The summed E-state index contributed by atoms with van der Waals surface area (Å²) >= 11 is 0. The predicted molar refractivity (Wildman–Crippen MR) is 102 cm³/mol. The van der Waals surface area contributed by atoms with Crippen LogP contribution < -0.4 is 4.74 Å². The van der Waals surface area contributed by atoms with Crippen LogP contribution in [-0.4, -0.2) is 6.36 Å². The molecule has 0 radical (unpaired) electrons. The van der Waals surface area contributed by atoms with Gasteiger partial charge in [-0.15, -0.1) is 13.2 Å². The van der Waals surface area contributed by atoms with E-state index in [1.807, 2.05) is 0 Å². The average molecular weight is 373 g/mol. The standard InChI is InChI=1S/C22H35F3O/c1-4-8-18(3)10-6-11-19(9-5-2)12-7-13-20-14-16-21(17-15-20)26-22(23,24)25/h14-19H,4-13H2,1-3H3. The molecule has 0 saturated carbocycles. The summed E-state index contributed by atoms with van der Waals surface area (Å²) in [6, 6.07) is 6.29. The van der Waals surface area contributed by atoms with E-state index in [2.05, 4.69) is 25.5 Å². The topological polar surface area (TPSA) is 9.23 Å². The summed E-state index contributed by atoms with van der Waals surface area (Å²) in [5.74, 6) is 1.47. The number of aryl methyl sites for hydroxylation is 1. The minimum atomic E-state index is -4.62. The van der Waals surface area contributed by atoms with E-state index in [0.29, 0.717) is 0 Å². The van der Waals surface area contributed by atoms with E-state index in [1.165, 1.54) is 63.5 Å². The maximum Gasteiger partial charge on any atom is 0.573 e. The third kappa shape index (κ3) is 10.7. The number of alkyl halides is 3. The molecule has 0 fully saturated rings. The van der Waals surface area contributed by atoms with Crippen molar-refractivity contribution in [1.29, 1.82) is 0 Å². The molecule has 1 nitrogen and oxygen atoms in total.